The molecule has 21 heavy (non-hydrogen) atoms. The number of anilines is 1. The number of nitrogens with zero attached hydrogens (tertiary/aromatic N) is 2. The lowest BCUT2D eigenvalue weighted by molar-refractivity contribution is 0.102. The molecule has 1 heterocycles. The second kappa shape index (κ2) is 5.85. The van der Waals surface area contributed by atoms with Gasteiger partial charge in [0.25, 0.3) is 5.91 Å². The SMILES string of the molecule is Cc1ccccc1C(=O)Nc1nnc(-c2ccccc2)s1. The standard InChI is InChI=1S/C16H13N3OS/c1-11-7-5-6-10-13(11)14(20)17-16-19-18-15(21-16)12-8-3-2-4-9-12/h2-10H,1H3,(H,17,19,20). The number of nitrogens with one attached hydrogen (secondary N) is 1. The largest absolute Gasteiger partial charge is 0.296 e. The molecular weight excluding hydrogens is 282 g/mol. The highest BCUT2D eigenvalue weighted by Crippen LogP contribution is 2.26. The summed E-state index contributed by atoms with van der Waals surface area (Å²) in [5.74, 6) is -0.163. The van der Waals surface area contributed by atoms with Crippen LogP contribution in [0.25, 0.3) is 10.6 Å². The Labute approximate surface area is 126 Å². The molecule has 4 nitrogen and oxygen atoms in total. The van der Waals surface area contributed by atoms with Crippen molar-refractivity contribution in [2.45, 2.75) is 6.92 Å². The van der Waals surface area contributed by atoms with Crippen molar-refractivity contribution < 1.29 is 4.79 Å². The van der Waals surface area contributed by atoms with E-state index in [1.54, 1.807) is 6.07 Å². The van der Waals surface area contributed by atoms with Crippen molar-refractivity contribution in [3.8, 4) is 10.6 Å². The molecule has 1 amide bonds. The second-order valence-electron chi connectivity index (χ2n) is 4.55. The summed E-state index contributed by atoms with van der Waals surface area (Å²) in [4.78, 5) is 12.2. The number of aromatic nitrogens is 2. The zero-order valence-corrected chi connectivity index (χ0v) is 12.2. The molecule has 0 aliphatic carbocycles. The molecule has 0 radical (unpaired) electrons. The molecule has 0 saturated heterocycles. The lowest BCUT2D eigenvalue weighted by atomic mass is 10.1. The Morgan fingerprint density at radius 3 is 2.48 bits per heavy atom. The minimum atomic E-state index is -0.163. The molecule has 1 aromatic heterocycles. The average Bonchev–Trinajstić information content (AvgIpc) is 2.97. The predicted molar refractivity (Wildman–Crippen MR) is 84.5 cm³/mol. The summed E-state index contributed by atoms with van der Waals surface area (Å²) in [6.45, 7) is 1.91. The molecule has 0 saturated carbocycles. The number of carbonyl (C=O) groups excluding carboxylic acids is 1. The minimum Gasteiger partial charge on any atom is -0.296 e. The van der Waals surface area contributed by atoms with Gasteiger partial charge in [0.1, 0.15) is 5.01 Å². The molecule has 0 bridgehead atoms. The monoisotopic (exact) mass is 295 g/mol. The highest BCUT2D eigenvalue weighted by Gasteiger charge is 2.12. The van der Waals surface area contributed by atoms with Crippen LogP contribution in [0.2, 0.25) is 0 Å². The highest BCUT2D eigenvalue weighted by atomic mass is 32.1. The maximum atomic E-state index is 12.2. The lowest BCUT2D eigenvalue weighted by Crippen LogP contribution is -2.12. The van der Waals surface area contributed by atoms with Crippen molar-refractivity contribution >= 4 is 22.4 Å². The van der Waals surface area contributed by atoms with Gasteiger partial charge >= 0.3 is 0 Å². The summed E-state index contributed by atoms with van der Waals surface area (Å²) in [5, 5.41) is 12.2. The van der Waals surface area contributed by atoms with Gasteiger partial charge in [0, 0.05) is 11.1 Å². The molecule has 0 aliphatic heterocycles. The molecule has 104 valence electrons. The molecule has 0 spiro atoms. The fraction of sp³-hybridized carbons (Fsp3) is 0.0625. The number of benzene rings is 2. The molecule has 3 aromatic rings. The van der Waals surface area contributed by atoms with E-state index in [9.17, 15) is 4.79 Å². The van der Waals surface area contributed by atoms with E-state index in [4.69, 9.17) is 0 Å². The van der Waals surface area contributed by atoms with E-state index in [1.807, 2.05) is 55.5 Å². The van der Waals surface area contributed by atoms with E-state index in [-0.39, 0.29) is 5.91 Å². The topological polar surface area (TPSA) is 54.9 Å². The van der Waals surface area contributed by atoms with Gasteiger partial charge in [-0.2, -0.15) is 0 Å². The van der Waals surface area contributed by atoms with E-state index in [1.165, 1.54) is 11.3 Å². The van der Waals surface area contributed by atoms with Gasteiger partial charge in [-0.05, 0) is 18.6 Å². The Kier molecular flexibility index (Phi) is 3.75. The molecule has 5 heteroatoms. The molecule has 0 atom stereocenters. The first-order chi connectivity index (χ1) is 10.2. The van der Waals surface area contributed by atoms with Gasteiger partial charge in [0.2, 0.25) is 5.13 Å². The van der Waals surface area contributed by atoms with Gasteiger partial charge in [-0.15, -0.1) is 10.2 Å². The lowest BCUT2D eigenvalue weighted by Gasteiger charge is -2.03. The Morgan fingerprint density at radius 1 is 1.00 bits per heavy atom. The first-order valence-electron chi connectivity index (χ1n) is 6.50. The number of carbonyl (C=O) groups is 1. The van der Waals surface area contributed by atoms with Crippen LogP contribution < -0.4 is 5.32 Å². The van der Waals surface area contributed by atoms with Gasteiger partial charge in [-0.25, -0.2) is 0 Å². The molecule has 0 fully saturated rings. The smallest absolute Gasteiger partial charge is 0.257 e. The Morgan fingerprint density at radius 2 is 1.71 bits per heavy atom. The van der Waals surface area contributed by atoms with E-state index in [0.717, 1.165) is 16.1 Å². The van der Waals surface area contributed by atoms with Gasteiger partial charge in [0.15, 0.2) is 0 Å². The second-order valence-corrected chi connectivity index (χ2v) is 5.52. The van der Waals surface area contributed by atoms with Crippen LogP contribution in [0.5, 0.6) is 0 Å². The van der Waals surface area contributed by atoms with Crippen LogP contribution in [-0.2, 0) is 0 Å². The summed E-state index contributed by atoms with van der Waals surface area (Å²) >= 11 is 1.36. The van der Waals surface area contributed by atoms with Crippen LogP contribution in [0.4, 0.5) is 5.13 Å². The van der Waals surface area contributed by atoms with Crippen molar-refractivity contribution in [3.05, 3.63) is 65.7 Å². The van der Waals surface area contributed by atoms with Gasteiger partial charge in [0.05, 0.1) is 0 Å². The predicted octanol–water partition coefficient (Wildman–Crippen LogP) is 3.77. The number of hydrogen-bond acceptors (Lipinski definition) is 4. The Balaban J connectivity index is 1.79. The number of amides is 1. The molecule has 1 N–H and O–H groups in total. The summed E-state index contributed by atoms with van der Waals surface area (Å²) < 4.78 is 0. The number of aryl methyl sites for hydroxylation is 1. The van der Waals surface area contributed by atoms with E-state index in [2.05, 4.69) is 15.5 Å². The quantitative estimate of drug-likeness (QED) is 0.800. The first kappa shape index (κ1) is 13.5. The average molecular weight is 295 g/mol. The number of rotatable bonds is 3. The third-order valence-electron chi connectivity index (χ3n) is 3.06. The third-order valence-corrected chi connectivity index (χ3v) is 3.94. The highest BCUT2D eigenvalue weighted by molar-refractivity contribution is 7.18. The minimum absolute atomic E-state index is 0.163. The number of hydrogen-bond donors (Lipinski definition) is 1. The Bertz CT molecular complexity index is 768. The van der Waals surface area contributed by atoms with Crippen LogP contribution in [-0.4, -0.2) is 16.1 Å². The van der Waals surface area contributed by atoms with Crippen molar-refractivity contribution in [1.82, 2.24) is 10.2 Å². The summed E-state index contributed by atoms with van der Waals surface area (Å²) in [6.07, 6.45) is 0. The molecule has 3 rings (SSSR count). The molecule has 2 aromatic carbocycles. The van der Waals surface area contributed by atoms with Gasteiger partial charge in [-0.1, -0.05) is 59.9 Å². The summed E-state index contributed by atoms with van der Waals surface area (Å²) in [5.41, 5.74) is 2.57. The van der Waals surface area contributed by atoms with Crippen molar-refractivity contribution in [1.29, 1.82) is 0 Å². The maximum Gasteiger partial charge on any atom is 0.257 e. The maximum absolute atomic E-state index is 12.2. The van der Waals surface area contributed by atoms with Crippen LogP contribution in [0, 0.1) is 6.92 Å². The van der Waals surface area contributed by atoms with Gasteiger partial charge in [-0.3, -0.25) is 10.1 Å². The van der Waals surface area contributed by atoms with Gasteiger partial charge < -0.3 is 0 Å². The fourth-order valence-corrected chi connectivity index (χ4v) is 2.71. The van der Waals surface area contributed by atoms with Crippen LogP contribution in [0.15, 0.2) is 54.6 Å². The van der Waals surface area contributed by atoms with Crippen LogP contribution >= 0.6 is 11.3 Å². The normalized spacial score (nSPS) is 10.3. The van der Waals surface area contributed by atoms with Crippen molar-refractivity contribution in [3.63, 3.8) is 0 Å². The molecule has 0 unspecified atom stereocenters. The van der Waals surface area contributed by atoms with Crippen LogP contribution in [0.1, 0.15) is 15.9 Å². The van der Waals surface area contributed by atoms with Crippen molar-refractivity contribution in [2.24, 2.45) is 0 Å². The van der Waals surface area contributed by atoms with E-state index < -0.39 is 0 Å². The molecule has 0 aliphatic rings. The Hall–Kier alpha value is -2.53. The fourth-order valence-electron chi connectivity index (χ4n) is 1.96. The van der Waals surface area contributed by atoms with Crippen molar-refractivity contribution in [2.75, 3.05) is 5.32 Å². The summed E-state index contributed by atoms with van der Waals surface area (Å²) in [7, 11) is 0. The summed E-state index contributed by atoms with van der Waals surface area (Å²) in [6, 6.07) is 17.2. The molecular formula is C16H13N3OS. The van der Waals surface area contributed by atoms with Crippen LogP contribution in [0.3, 0.4) is 0 Å². The van der Waals surface area contributed by atoms with E-state index >= 15 is 0 Å². The first-order valence-corrected chi connectivity index (χ1v) is 7.31. The zero-order valence-electron chi connectivity index (χ0n) is 11.4. The zero-order chi connectivity index (χ0) is 14.7. The van der Waals surface area contributed by atoms with E-state index in [0.29, 0.717) is 10.7 Å². The third kappa shape index (κ3) is 2.98.